The first-order chi connectivity index (χ1) is 13.3. The average molecular weight is 379 g/mol. The van der Waals surface area contributed by atoms with Gasteiger partial charge in [-0.05, 0) is 35.8 Å². The van der Waals surface area contributed by atoms with E-state index in [0.29, 0.717) is 0 Å². The van der Waals surface area contributed by atoms with E-state index in [-0.39, 0.29) is 5.41 Å². The lowest BCUT2D eigenvalue weighted by Gasteiger charge is -2.37. The van der Waals surface area contributed by atoms with Crippen LogP contribution in [0.2, 0.25) is 0 Å². The van der Waals surface area contributed by atoms with Crippen LogP contribution in [0.5, 0.6) is 11.5 Å². The molecule has 0 fully saturated rings. The van der Waals surface area contributed by atoms with Crippen molar-refractivity contribution in [3.63, 3.8) is 0 Å². The molecule has 0 bridgehead atoms. The maximum Gasteiger partial charge on any atom is 0.165 e. The number of hydrogen-bond donors (Lipinski definition) is 1. The van der Waals surface area contributed by atoms with Crippen LogP contribution in [0.15, 0.2) is 78.9 Å². The highest BCUT2D eigenvalue weighted by Crippen LogP contribution is 2.49. The van der Waals surface area contributed by atoms with Gasteiger partial charge in [-0.3, -0.25) is 0 Å². The van der Waals surface area contributed by atoms with Gasteiger partial charge in [0.25, 0.3) is 0 Å². The van der Waals surface area contributed by atoms with Crippen LogP contribution in [-0.2, 0) is 5.41 Å². The van der Waals surface area contributed by atoms with Gasteiger partial charge in [-0.2, -0.15) is 12.6 Å². The predicted octanol–water partition coefficient (Wildman–Crippen LogP) is 5.75. The molecule has 0 radical (unpaired) electrons. The van der Waals surface area contributed by atoms with E-state index in [1.165, 1.54) is 11.1 Å². The number of benzene rings is 3. The SMILES string of the molecule is COc1cccc(C(CCCS)(c2ccccc2)c2ccccc2)c1OC. The van der Waals surface area contributed by atoms with Crippen molar-refractivity contribution in [2.75, 3.05) is 20.0 Å². The maximum absolute atomic E-state index is 5.85. The Morgan fingerprint density at radius 1 is 0.741 bits per heavy atom. The number of hydrogen-bond acceptors (Lipinski definition) is 3. The lowest BCUT2D eigenvalue weighted by atomic mass is 9.66. The van der Waals surface area contributed by atoms with Gasteiger partial charge < -0.3 is 9.47 Å². The monoisotopic (exact) mass is 378 g/mol. The first kappa shape index (κ1) is 19.4. The van der Waals surface area contributed by atoms with Crippen LogP contribution in [0.4, 0.5) is 0 Å². The standard InChI is InChI=1S/C24H26O2S/c1-25-22-16-9-15-21(23(22)26-2)24(17-10-18-27,19-11-5-3-6-12-19)20-13-7-4-8-14-20/h3-9,11-16,27H,10,17-18H2,1-2H3. The van der Waals surface area contributed by atoms with Crippen LogP contribution in [0.25, 0.3) is 0 Å². The molecular weight excluding hydrogens is 352 g/mol. The molecule has 0 spiro atoms. The Bertz CT molecular complexity index is 807. The molecule has 0 amide bonds. The minimum Gasteiger partial charge on any atom is -0.493 e. The summed E-state index contributed by atoms with van der Waals surface area (Å²) in [7, 11) is 3.39. The van der Waals surface area contributed by atoms with Gasteiger partial charge in [0.2, 0.25) is 0 Å². The number of ether oxygens (including phenoxy) is 2. The van der Waals surface area contributed by atoms with E-state index < -0.39 is 0 Å². The van der Waals surface area contributed by atoms with E-state index in [9.17, 15) is 0 Å². The van der Waals surface area contributed by atoms with Crippen LogP contribution >= 0.6 is 12.6 Å². The number of rotatable bonds is 8. The molecular formula is C24H26O2S. The lowest BCUT2D eigenvalue weighted by molar-refractivity contribution is 0.345. The third-order valence-electron chi connectivity index (χ3n) is 5.11. The zero-order chi connectivity index (χ0) is 19.1. The highest BCUT2D eigenvalue weighted by atomic mass is 32.1. The molecule has 0 N–H and O–H groups in total. The van der Waals surface area contributed by atoms with Gasteiger partial charge in [0.15, 0.2) is 11.5 Å². The summed E-state index contributed by atoms with van der Waals surface area (Å²) in [6.45, 7) is 0. The Morgan fingerprint density at radius 2 is 1.33 bits per heavy atom. The van der Waals surface area contributed by atoms with Gasteiger partial charge in [-0.15, -0.1) is 0 Å². The van der Waals surface area contributed by atoms with Crippen molar-refractivity contribution in [1.29, 1.82) is 0 Å². The maximum atomic E-state index is 5.85. The summed E-state index contributed by atoms with van der Waals surface area (Å²) in [5.41, 5.74) is 3.25. The van der Waals surface area contributed by atoms with E-state index >= 15 is 0 Å². The molecule has 0 saturated carbocycles. The highest BCUT2D eigenvalue weighted by molar-refractivity contribution is 7.80. The van der Waals surface area contributed by atoms with Crippen molar-refractivity contribution in [1.82, 2.24) is 0 Å². The number of thiol groups is 1. The molecule has 0 aliphatic rings. The second kappa shape index (κ2) is 9.01. The largest absolute Gasteiger partial charge is 0.493 e. The highest BCUT2D eigenvalue weighted by Gasteiger charge is 2.38. The van der Waals surface area contributed by atoms with E-state index in [4.69, 9.17) is 9.47 Å². The third kappa shape index (κ3) is 3.70. The van der Waals surface area contributed by atoms with Crippen LogP contribution < -0.4 is 9.47 Å². The summed E-state index contributed by atoms with van der Waals surface area (Å²) < 4.78 is 11.5. The van der Waals surface area contributed by atoms with Crippen molar-refractivity contribution in [2.24, 2.45) is 0 Å². The summed E-state index contributed by atoms with van der Waals surface area (Å²) in [6, 6.07) is 27.4. The molecule has 0 aliphatic heterocycles. The fraction of sp³-hybridized carbons (Fsp3) is 0.250. The van der Waals surface area contributed by atoms with E-state index in [0.717, 1.165) is 35.7 Å². The molecule has 0 aromatic heterocycles. The molecule has 0 heterocycles. The summed E-state index contributed by atoms with van der Waals surface area (Å²) >= 11 is 4.50. The summed E-state index contributed by atoms with van der Waals surface area (Å²) in [5.74, 6) is 2.36. The van der Waals surface area contributed by atoms with Gasteiger partial charge >= 0.3 is 0 Å². The topological polar surface area (TPSA) is 18.5 Å². The molecule has 3 aromatic rings. The minimum atomic E-state index is -0.342. The van der Waals surface area contributed by atoms with Crippen LogP contribution in [0, 0.1) is 0 Å². The van der Waals surface area contributed by atoms with Crippen molar-refractivity contribution in [3.8, 4) is 11.5 Å². The molecule has 0 aliphatic carbocycles. The molecule has 3 heteroatoms. The quantitative estimate of drug-likeness (QED) is 0.397. The number of para-hydroxylation sites is 1. The molecule has 3 rings (SSSR count). The van der Waals surface area contributed by atoms with Crippen molar-refractivity contribution < 1.29 is 9.47 Å². The van der Waals surface area contributed by atoms with Gasteiger partial charge in [0.05, 0.1) is 14.2 Å². The first-order valence-electron chi connectivity index (χ1n) is 9.21. The summed E-state index contributed by atoms with van der Waals surface area (Å²) in [4.78, 5) is 0. The first-order valence-corrected chi connectivity index (χ1v) is 9.84. The van der Waals surface area contributed by atoms with Crippen molar-refractivity contribution in [3.05, 3.63) is 95.6 Å². The van der Waals surface area contributed by atoms with Crippen LogP contribution in [0.1, 0.15) is 29.5 Å². The lowest BCUT2D eigenvalue weighted by Crippen LogP contribution is -2.30. The molecule has 140 valence electrons. The zero-order valence-corrected chi connectivity index (χ0v) is 16.8. The molecule has 3 aromatic carbocycles. The minimum absolute atomic E-state index is 0.342. The van der Waals surface area contributed by atoms with Crippen LogP contribution in [-0.4, -0.2) is 20.0 Å². The number of methoxy groups -OCH3 is 2. The van der Waals surface area contributed by atoms with E-state index in [2.05, 4.69) is 79.4 Å². The fourth-order valence-electron chi connectivity index (χ4n) is 3.91. The predicted molar refractivity (Wildman–Crippen MR) is 115 cm³/mol. The smallest absolute Gasteiger partial charge is 0.165 e. The van der Waals surface area contributed by atoms with Gasteiger partial charge in [0, 0.05) is 11.0 Å². The Kier molecular flexibility index (Phi) is 6.46. The molecule has 27 heavy (non-hydrogen) atoms. The molecule has 0 unspecified atom stereocenters. The fourth-order valence-corrected chi connectivity index (χ4v) is 4.07. The van der Waals surface area contributed by atoms with E-state index in [1.54, 1.807) is 14.2 Å². The second-order valence-electron chi connectivity index (χ2n) is 6.51. The van der Waals surface area contributed by atoms with Gasteiger partial charge in [0.1, 0.15) is 0 Å². The summed E-state index contributed by atoms with van der Waals surface area (Å²) in [5, 5.41) is 0. The van der Waals surface area contributed by atoms with Gasteiger partial charge in [-0.25, -0.2) is 0 Å². The van der Waals surface area contributed by atoms with Crippen LogP contribution in [0.3, 0.4) is 0 Å². The molecule has 0 atom stereocenters. The average Bonchev–Trinajstić information content (AvgIpc) is 2.75. The Morgan fingerprint density at radius 3 is 1.81 bits per heavy atom. The third-order valence-corrected chi connectivity index (χ3v) is 5.42. The van der Waals surface area contributed by atoms with Gasteiger partial charge in [-0.1, -0.05) is 72.8 Å². The normalized spacial score (nSPS) is 11.2. The van der Waals surface area contributed by atoms with Crippen molar-refractivity contribution >= 4 is 12.6 Å². The molecule has 2 nitrogen and oxygen atoms in total. The van der Waals surface area contributed by atoms with Crippen molar-refractivity contribution in [2.45, 2.75) is 18.3 Å². The Hall–Kier alpha value is -2.39. The molecule has 0 saturated heterocycles. The van der Waals surface area contributed by atoms with E-state index in [1.807, 2.05) is 12.1 Å². The summed E-state index contributed by atoms with van der Waals surface area (Å²) in [6.07, 6.45) is 1.90. The Balaban J connectivity index is 2.37. The zero-order valence-electron chi connectivity index (χ0n) is 15.9. The second-order valence-corrected chi connectivity index (χ2v) is 6.95. The Labute approximate surface area is 167 Å².